The Morgan fingerprint density at radius 3 is 2.07 bits per heavy atom. The molecule has 226 valence electrons. The molecule has 10 atom stereocenters. The van der Waals surface area contributed by atoms with E-state index in [1.807, 2.05) is 0 Å². The summed E-state index contributed by atoms with van der Waals surface area (Å²) in [6.45, 7) is 0.675. The van der Waals surface area contributed by atoms with E-state index >= 15 is 0 Å². The van der Waals surface area contributed by atoms with Gasteiger partial charge in [0.1, 0.15) is 65.2 Å². The lowest BCUT2D eigenvalue weighted by Crippen LogP contribution is -2.64. The summed E-state index contributed by atoms with van der Waals surface area (Å²) in [5, 5.41) is 91.5. The number of hydrogen-bond donors (Lipinski definition) is 9. The number of Topliss-reactive ketones (excluding diaryl/α,β-unsaturated/α-hetero) is 1. The lowest BCUT2D eigenvalue weighted by Gasteiger charge is -2.45. The molecule has 2 heterocycles. The lowest BCUT2D eigenvalue weighted by atomic mass is 9.97. The minimum atomic E-state index is -1.77. The Bertz CT molecular complexity index is 1170. The number of aliphatic hydroxyl groups excluding tert-OH is 6. The van der Waals surface area contributed by atoms with Crippen molar-refractivity contribution in [1.29, 1.82) is 0 Å². The molecule has 2 fully saturated rings. The number of aliphatic hydroxyl groups is 6. The lowest BCUT2D eigenvalue weighted by molar-refractivity contribution is -0.354. The number of benzene rings is 2. The maximum absolute atomic E-state index is 12.7. The molecule has 0 amide bonds. The van der Waals surface area contributed by atoms with Crippen LogP contribution in [0.4, 0.5) is 0 Å². The molecule has 0 aromatic heterocycles. The molecule has 0 unspecified atom stereocenters. The molecule has 0 spiro atoms. The quantitative estimate of drug-likeness (QED) is 0.156. The summed E-state index contributed by atoms with van der Waals surface area (Å²) < 4.78 is 22.2. The van der Waals surface area contributed by atoms with Crippen LogP contribution >= 0.6 is 0 Å². The van der Waals surface area contributed by atoms with E-state index in [0.717, 1.165) is 17.7 Å². The molecule has 2 aliphatic heterocycles. The second-order valence-corrected chi connectivity index (χ2v) is 10.0. The third kappa shape index (κ3) is 6.72. The zero-order valence-corrected chi connectivity index (χ0v) is 21.9. The number of aromatic hydroxyl groups is 3. The van der Waals surface area contributed by atoms with E-state index in [1.165, 1.54) is 19.1 Å². The van der Waals surface area contributed by atoms with Crippen LogP contribution in [-0.2, 0) is 20.6 Å². The highest BCUT2D eigenvalue weighted by Gasteiger charge is 2.51. The van der Waals surface area contributed by atoms with Crippen molar-refractivity contribution in [3.05, 3.63) is 47.5 Å². The number of carbonyl (C=O) groups excluding carboxylic acids is 1. The van der Waals surface area contributed by atoms with Crippen molar-refractivity contribution < 1.29 is 69.7 Å². The van der Waals surface area contributed by atoms with Crippen LogP contribution in [0.1, 0.15) is 29.3 Å². The van der Waals surface area contributed by atoms with Crippen LogP contribution in [0.15, 0.2) is 36.4 Å². The molecule has 9 N–H and O–H groups in total. The molecule has 0 saturated carbocycles. The smallest absolute Gasteiger partial charge is 0.229 e. The predicted octanol–water partition coefficient (Wildman–Crippen LogP) is -1.35. The highest BCUT2D eigenvalue weighted by molar-refractivity contribution is 6.01. The molecule has 14 nitrogen and oxygen atoms in total. The summed E-state index contributed by atoms with van der Waals surface area (Å²) >= 11 is 0. The number of rotatable bonds is 9. The topological polar surface area (TPSA) is 236 Å². The van der Waals surface area contributed by atoms with Gasteiger partial charge in [0, 0.05) is 18.6 Å². The molecule has 14 heteroatoms. The molecule has 2 aromatic rings. The molecule has 0 bridgehead atoms. The molecule has 0 radical (unpaired) electrons. The predicted molar refractivity (Wildman–Crippen MR) is 136 cm³/mol. The highest BCUT2D eigenvalue weighted by atomic mass is 16.8. The van der Waals surface area contributed by atoms with Crippen LogP contribution in [0.2, 0.25) is 0 Å². The number of hydrogen-bond acceptors (Lipinski definition) is 14. The van der Waals surface area contributed by atoms with Gasteiger partial charge in [-0.25, -0.2) is 0 Å². The minimum Gasteiger partial charge on any atom is -0.508 e. The Labute approximate surface area is 234 Å². The molecular formula is C27H34O14. The summed E-state index contributed by atoms with van der Waals surface area (Å²) in [4.78, 5) is 12.7. The Kier molecular flexibility index (Phi) is 9.69. The van der Waals surface area contributed by atoms with E-state index in [2.05, 4.69) is 0 Å². The number of phenolic OH excluding ortho intramolecular Hbond substituents is 3. The maximum atomic E-state index is 12.7. The SMILES string of the molecule is C[C@H]1O[C@@H](O[C@H]2[C@@H](Oc3cc(O)c(C(=O)CCc4ccc(O)cc4)c(O)c3)O[C@@H](CO)[C@@H](O)[C@H]2O)[C@@H](O)[C@@H](O)[C@@H]1O. The van der Waals surface area contributed by atoms with Crippen LogP contribution in [0.3, 0.4) is 0 Å². The Hall–Kier alpha value is -3.05. The minimum absolute atomic E-state index is 0.0706. The Morgan fingerprint density at radius 1 is 0.829 bits per heavy atom. The number of carbonyl (C=O) groups is 1. The molecule has 0 aliphatic carbocycles. The van der Waals surface area contributed by atoms with E-state index in [1.54, 1.807) is 12.1 Å². The van der Waals surface area contributed by atoms with Gasteiger partial charge in [-0.2, -0.15) is 0 Å². The van der Waals surface area contributed by atoms with Crippen LogP contribution < -0.4 is 4.74 Å². The first-order chi connectivity index (χ1) is 19.4. The first kappa shape index (κ1) is 30.9. The van der Waals surface area contributed by atoms with E-state index in [4.69, 9.17) is 18.9 Å². The van der Waals surface area contributed by atoms with Gasteiger partial charge in [-0.3, -0.25) is 4.79 Å². The number of ether oxygens (including phenoxy) is 4. The van der Waals surface area contributed by atoms with Gasteiger partial charge >= 0.3 is 0 Å². The molecular weight excluding hydrogens is 548 g/mol. The fourth-order valence-corrected chi connectivity index (χ4v) is 4.70. The number of aryl methyl sites for hydroxylation is 1. The third-order valence-corrected chi connectivity index (χ3v) is 7.10. The number of ketones is 1. The van der Waals surface area contributed by atoms with Crippen molar-refractivity contribution in [2.75, 3.05) is 6.61 Å². The van der Waals surface area contributed by atoms with Gasteiger partial charge in [-0.1, -0.05) is 12.1 Å². The summed E-state index contributed by atoms with van der Waals surface area (Å²) in [5.41, 5.74) is 0.385. The standard InChI is InChI=1S/C27H34O14/c1-11-20(33)22(35)24(37)26(38-11)41-25-23(36)21(34)18(10-28)40-27(25)39-14-8-16(31)19(17(32)9-14)15(30)7-4-12-2-5-13(29)6-3-12/h2-3,5-6,8-9,11,18,20-29,31-37H,4,7,10H2,1H3/t11-,18+,20-,21-,22+,23-,24+,25-,26+,27+/m1/s1. The maximum Gasteiger partial charge on any atom is 0.229 e. The zero-order chi connectivity index (χ0) is 30.0. The van der Waals surface area contributed by atoms with Crippen LogP contribution in [-0.4, -0.2) is 120 Å². The monoisotopic (exact) mass is 582 g/mol. The average molecular weight is 583 g/mol. The van der Waals surface area contributed by atoms with Crippen molar-refractivity contribution in [3.8, 4) is 23.0 Å². The summed E-state index contributed by atoms with van der Waals surface area (Å²) in [6, 6.07) is 8.22. The van der Waals surface area contributed by atoms with E-state index < -0.39 is 85.3 Å². The van der Waals surface area contributed by atoms with Gasteiger partial charge in [0.25, 0.3) is 0 Å². The first-order valence-corrected chi connectivity index (χ1v) is 12.9. The number of phenols is 3. The summed E-state index contributed by atoms with van der Waals surface area (Å²) in [5.74, 6) is -2.00. The molecule has 2 aliphatic rings. The van der Waals surface area contributed by atoms with Gasteiger partial charge in [0.15, 0.2) is 18.2 Å². The normalized spacial score (nSPS) is 33.8. The van der Waals surface area contributed by atoms with E-state index in [-0.39, 0.29) is 29.9 Å². The van der Waals surface area contributed by atoms with Crippen molar-refractivity contribution in [3.63, 3.8) is 0 Å². The molecule has 2 aromatic carbocycles. The summed E-state index contributed by atoms with van der Waals surface area (Å²) in [6.07, 6.45) is -15.3. The Morgan fingerprint density at radius 2 is 1.46 bits per heavy atom. The van der Waals surface area contributed by atoms with Crippen molar-refractivity contribution in [2.24, 2.45) is 0 Å². The van der Waals surface area contributed by atoms with Crippen molar-refractivity contribution in [1.82, 2.24) is 0 Å². The zero-order valence-electron chi connectivity index (χ0n) is 21.9. The fraction of sp³-hybridized carbons (Fsp3) is 0.519. The van der Waals surface area contributed by atoms with Crippen molar-refractivity contribution in [2.45, 2.75) is 81.2 Å². The molecule has 41 heavy (non-hydrogen) atoms. The van der Waals surface area contributed by atoms with Gasteiger partial charge < -0.3 is 64.9 Å². The largest absolute Gasteiger partial charge is 0.508 e. The molecule has 2 saturated heterocycles. The van der Waals surface area contributed by atoms with Crippen LogP contribution in [0.5, 0.6) is 23.0 Å². The van der Waals surface area contributed by atoms with Gasteiger partial charge in [0.2, 0.25) is 6.29 Å². The van der Waals surface area contributed by atoms with Gasteiger partial charge in [-0.15, -0.1) is 0 Å². The second kappa shape index (κ2) is 12.9. The van der Waals surface area contributed by atoms with Gasteiger partial charge in [-0.05, 0) is 31.0 Å². The fourth-order valence-electron chi connectivity index (χ4n) is 4.70. The Balaban J connectivity index is 1.52. The van der Waals surface area contributed by atoms with Crippen LogP contribution in [0, 0.1) is 0 Å². The molecule has 4 rings (SSSR count). The highest BCUT2D eigenvalue weighted by Crippen LogP contribution is 2.36. The van der Waals surface area contributed by atoms with E-state index in [0.29, 0.717) is 0 Å². The second-order valence-electron chi connectivity index (χ2n) is 10.0. The average Bonchev–Trinajstić information content (AvgIpc) is 2.93. The van der Waals surface area contributed by atoms with Crippen molar-refractivity contribution >= 4 is 5.78 Å². The van der Waals surface area contributed by atoms with Gasteiger partial charge in [0.05, 0.1) is 12.7 Å². The van der Waals surface area contributed by atoms with E-state index in [9.17, 15) is 50.8 Å². The van der Waals surface area contributed by atoms with Crippen LogP contribution in [0.25, 0.3) is 0 Å². The third-order valence-electron chi connectivity index (χ3n) is 7.10. The summed E-state index contributed by atoms with van der Waals surface area (Å²) in [7, 11) is 0. The first-order valence-electron chi connectivity index (χ1n) is 12.9.